The highest BCUT2D eigenvalue weighted by atomic mass is 32.2. The molecule has 1 aromatic carbocycles. The van der Waals surface area contributed by atoms with Gasteiger partial charge in [0, 0.05) is 32.7 Å². The van der Waals surface area contributed by atoms with Crippen LogP contribution in [-0.4, -0.2) is 69.9 Å². The number of hydrogen-bond donors (Lipinski definition) is 2. The number of amides is 1. The van der Waals surface area contributed by atoms with E-state index in [0.29, 0.717) is 38.5 Å². The Balaban J connectivity index is 1.62. The van der Waals surface area contributed by atoms with Crippen LogP contribution in [0.25, 0.3) is 0 Å². The Morgan fingerprint density at radius 2 is 1.77 bits per heavy atom. The minimum atomic E-state index is -3.45. The molecule has 1 aromatic heterocycles. The van der Waals surface area contributed by atoms with Crippen molar-refractivity contribution >= 4 is 21.9 Å². The summed E-state index contributed by atoms with van der Waals surface area (Å²) >= 11 is 0. The molecule has 2 N–H and O–H groups in total. The van der Waals surface area contributed by atoms with Gasteiger partial charge in [0.15, 0.2) is 11.7 Å². The van der Waals surface area contributed by atoms with Gasteiger partial charge >= 0.3 is 0 Å². The molecule has 1 saturated heterocycles. The molecular formula is C20H27N5O4S. The Morgan fingerprint density at radius 1 is 1.10 bits per heavy atom. The average molecular weight is 434 g/mol. The van der Waals surface area contributed by atoms with Gasteiger partial charge in [0.1, 0.15) is 0 Å². The summed E-state index contributed by atoms with van der Waals surface area (Å²) in [6.07, 6.45) is 1.50. The summed E-state index contributed by atoms with van der Waals surface area (Å²) in [5, 5.41) is 3.29. The number of furan rings is 1. The highest BCUT2D eigenvalue weighted by Gasteiger charge is 2.25. The summed E-state index contributed by atoms with van der Waals surface area (Å²) in [5.74, 6) is 1.03. The van der Waals surface area contributed by atoms with Crippen LogP contribution in [0.4, 0.5) is 0 Å². The molecule has 1 aliphatic rings. The molecule has 1 aliphatic heterocycles. The highest BCUT2D eigenvalue weighted by Crippen LogP contribution is 2.12. The maximum Gasteiger partial charge on any atom is 0.289 e. The molecule has 9 nitrogen and oxygen atoms in total. The zero-order valence-corrected chi connectivity index (χ0v) is 18.0. The van der Waals surface area contributed by atoms with E-state index in [1.165, 1.54) is 13.3 Å². The Bertz CT molecular complexity index is 963. The fourth-order valence-corrected chi connectivity index (χ4v) is 3.89. The van der Waals surface area contributed by atoms with Crippen molar-refractivity contribution in [3.8, 4) is 0 Å². The lowest BCUT2D eigenvalue weighted by molar-refractivity contribution is 0.0657. The maximum absolute atomic E-state index is 12.4. The lowest BCUT2D eigenvalue weighted by Gasteiger charge is -2.36. The average Bonchev–Trinajstić information content (AvgIpc) is 3.31. The van der Waals surface area contributed by atoms with Crippen LogP contribution in [0.15, 0.2) is 57.0 Å². The van der Waals surface area contributed by atoms with Crippen molar-refractivity contribution in [2.24, 2.45) is 4.99 Å². The molecule has 30 heavy (non-hydrogen) atoms. The SMILES string of the molecule is CCNC(=NCc1ccc(S(=O)(=O)NC)cc1)N1CCN(C(=O)c2ccco2)CC1. The van der Waals surface area contributed by atoms with Gasteiger partial charge in [-0.1, -0.05) is 12.1 Å². The Labute approximate surface area is 176 Å². The van der Waals surface area contributed by atoms with Gasteiger partial charge < -0.3 is 19.5 Å². The molecule has 0 aliphatic carbocycles. The van der Waals surface area contributed by atoms with Crippen LogP contribution in [0.3, 0.4) is 0 Å². The van der Waals surface area contributed by atoms with Crippen molar-refractivity contribution in [3.05, 3.63) is 54.0 Å². The lowest BCUT2D eigenvalue weighted by Crippen LogP contribution is -2.53. The first-order valence-electron chi connectivity index (χ1n) is 9.83. The Kier molecular flexibility index (Phi) is 7.11. The smallest absolute Gasteiger partial charge is 0.289 e. The minimum Gasteiger partial charge on any atom is -0.459 e. The van der Waals surface area contributed by atoms with Crippen LogP contribution in [-0.2, 0) is 16.6 Å². The molecule has 0 atom stereocenters. The number of nitrogens with one attached hydrogen (secondary N) is 2. The zero-order valence-electron chi connectivity index (χ0n) is 17.2. The van der Waals surface area contributed by atoms with E-state index in [0.717, 1.165) is 18.1 Å². The first kappa shape index (κ1) is 21.8. The lowest BCUT2D eigenvalue weighted by atomic mass is 10.2. The third-order valence-electron chi connectivity index (χ3n) is 4.85. The monoisotopic (exact) mass is 433 g/mol. The van der Waals surface area contributed by atoms with Crippen LogP contribution >= 0.6 is 0 Å². The summed E-state index contributed by atoms with van der Waals surface area (Å²) in [6.45, 7) is 5.65. The molecule has 3 rings (SSSR count). The van der Waals surface area contributed by atoms with E-state index in [4.69, 9.17) is 4.42 Å². The van der Waals surface area contributed by atoms with Gasteiger partial charge in [0.25, 0.3) is 5.91 Å². The van der Waals surface area contributed by atoms with Gasteiger partial charge in [0.05, 0.1) is 17.7 Å². The van der Waals surface area contributed by atoms with Crippen LogP contribution in [0.2, 0.25) is 0 Å². The molecule has 2 aromatic rings. The van der Waals surface area contributed by atoms with Gasteiger partial charge in [-0.2, -0.15) is 0 Å². The molecule has 2 heterocycles. The number of carbonyl (C=O) groups is 1. The number of aliphatic imine (C=N–C) groups is 1. The van der Waals surface area contributed by atoms with E-state index in [1.54, 1.807) is 41.3 Å². The van der Waals surface area contributed by atoms with E-state index >= 15 is 0 Å². The van der Waals surface area contributed by atoms with Gasteiger partial charge in [-0.05, 0) is 43.8 Å². The largest absolute Gasteiger partial charge is 0.459 e. The molecule has 1 fully saturated rings. The number of carbonyl (C=O) groups excluding carboxylic acids is 1. The standard InChI is InChI=1S/C20H27N5O4S/c1-3-22-20(23-15-16-6-8-17(9-7-16)30(27,28)21-2)25-12-10-24(11-13-25)19(26)18-5-4-14-29-18/h4-9,14,21H,3,10-13,15H2,1-2H3,(H,22,23). The molecular weight excluding hydrogens is 406 g/mol. The van der Waals surface area contributed by atoms with Crippen molar-refractivity contribution in [1.29, 1.82) is 0 Å². The second-order valence-corrected chi connectivity index (χ2v) is 8.66. The molecule has 0 radical (unpaired) electrons. The molecule has 0 spiro atoms. The number of benzene rings is 1. The van der Waals surface area contributed by atoms with E-state index in [9.17, 15) is 13.2 Å². The predicted octanol–water partition coefficient (Wildman–Crippen LogP) is 1.11. The fourth-order valence-electron chi connectivity index (χ4n) is 3.16. The van der Waals surface area contributed by atoms with Crippen molar-refractivity contribution in [1.82, 2.24) is 19.8 Å². The van der Waals surface area contributed by atoms with Crippen LogP contribution < -0.4 is 10.0 Å². The summed E-state index contributed by atoms with van der Waals surface area (Å²) in [5.41, 5.74) is 0.909. The highest BCUT2D eigenvalue weighted by molar-refractivity contribution is 7.89. The van der Waals surface area contributed by atoms with E-state index in [1.807, 2.05) is 6.92 Å². The normalized spacial score (nSPS) is 15.3. The van der Waals surface area contributed by atoms with E-state index in [-0.39, 0.29) is 10.8 Å². The quantitative estimate of drug-likeness (QED) is 0.522. The summed E-state index contributed by atoms with van der Waals surface area (Å²) in [6, 6.07) is 10.0. The number of rotatable bonds is 6. The van der Waals surface area contributed by atoms with Crippen molar-refractivity contribution in [2.45, 2.75) is 18.4 Å². The Morgan fingerprint density at radius 3 is 2.33 bits per heavy atom. The van der Waals surface area contributed by atoms with Gasteiger partial charge in [-0.15, -0.1) is 0 Å². The second kappa shape index (κ2) is 9.77. The van der Waals surface area contributed by atoms with Gasteiger partial charge in [0.2, 0.25) is 10.0 Å². The second-order valence-electron chi connectivity index (χ2n) is 6.78. The maximum atomic E-state index is 12.4. The summed E-state index contributed by atoms with van der Waals surface area (Å²) < 4.78 is 31.2. The number of nitrogens with zero attached hydrogens (tertiary/aromatic N) is 3. The topological polar surface area (TPSA) is 107 Å². The molecule has 1 amide bonds. The van der Waals surface area contributed by atoms with Crippen molar-refractivity contribution in [2.75, 3.05) is 39.8 Å². The summed E-state index contributed by atoms with van der Waals surface area (Å²) in [7, 11) is -2.06. The minimum absolute atomic E-state index is 0.0989. The van der Waals surface area contributed by atoms with Crippen LogP contribution in [0, 0.1) is 0 Å². The third-order valence-corrected chi connectivity index (χ3v) is 6.28. The molecule has 0 bridgehead atoms. The number of hydrogen-bond acceptors (Lipinski definition) is 5. The summed E-state index contributed by atoms with van der Waals surface area (Å²) in [4.78, 5) is 21.2. The van der Waals surface area contributed by atoms with E-state index < -0.39 is 10.0 Å². The molecule has 0 saturated carbocycles. The Hall–Kier alpha value is -2.85. The molecule has 162 valence electrons. The van der Waals surface area contributed by atoms with E-state index in [2.05, 4.69) is 19.9 Å². The fraction of sp³-hybridized carbons (Fsp3) is 0.400. The third kappa shape index (κ3) is 5.19. The van der Waals surface area contributed by atoms with Gasteiger partial charge in [-0.3, -0.25) is 4.79 Å². The van der Waals surface area contributed by atoms with Gasteiger partial charge in [-0.25, -0.2) is 18.1 Å². The first-order chi connectivity index (χ1) is 14.4. The van der Waals surface area contributed by atoms with Crippen molar-refractivity contribution in [3.63, 3.8) is 0 Å². The zero-order chi connectivity index (χ0) is 21.6. The number of guanidine groups is 1. The van der Waals surface area contributed by atoms with Crippen LogP contribution in [0.1, 0.15) is 23.0 Å². The predicted molar refractivity (Wildman–Crippen MR) is 114 cm³/mol. The van der Waals surface area contributed by atoms with Crippen LogP contribution in [0.5, 0.6) is 0 Å². The number of piperazine rings is 1. The first-order valence-corrected chi connectivity index (χ1v) is 11.3. The molecule has 10 heteroatoms. The van der Waals surface area contributed by atoms with Crippen molar-refractivity contribution < 1.29 is 17.6 Å². The number of sulfonamides is 1. The molecule has 0 unspecified atom stereocenters.